The molecule has 0 saturated carbocycles. The Labute approximate surface area is 257 Å². The molecule has 1 aromatic carbocycles. The van der Waals surface area contributed by atoms with Crippen LogP contribution in [0.2, 0.25) is 0 Å². The lowest BCUT2D eigenvalue weighted by Gasteiger charge is -2.30. The van der Waals surface area contributed by atoms with Crippen molar-refractivity contribution in [3.63, 3.8) is 0 Å². The summed E-state index contributed by atoms with van der Waals surface area (Å²) >= 11 is 0. The number of carbonyl (C=O) groups excluding carboxylic acids is 1. The van der Waals surface area contributed by atoms with Crippen LogP contribution in [0.1, 0.15) is 123 Å². The van der Waals surface area contributed by atoms with Crippen molar-refractivity contribution < 1.29 is 32.5 Å². The fraction of sp³-hybridized carbons (Fsp3) is 0.794. The smallest absolute Gasteiger partial charge is 0.268 e. The molecule has 8 heteroatoms. The third kappa shape index (κ3) is 20.6. The van der Waals surface area contributed by atoms with E-state index in [1.165, 1.54) is 70.6 Å². The predicted molar refractivity (Wildman–Crippen MR) is 172 cm³/mol. The molecule has 1 rings (SSSR count). The quantitative estimate of drug-likeness (QED) is 0.0539. The standard InChI is InChI=1S/C34H62NO6P/c1-6-9-10-11-12-13-14-15-16-17-18-19-26-39-34-23-21-31(22-24-34)28-32(29-33(36)20-7-2)30-41-42(37,38)40-27-25-35(4,5)8-3/h21-24,32H,6-20,25-30H2,1-5H3. The number of hydrogen-bond donors (Lipinski definition) is 0. The van der Waals surface area contributed by atoms with Crippen molar-refractivity contribution in [3.8, 4) is 5.75 Å². The van der Waals surface area contributed by atoms with Crippen LogP contribution in [0.5, 0.6) is 5.75 Å². The Morgan fingerprint density at radius 3 is 1.93 bits per heavy atom. The summed E-state index contributed by atoms with van der Waals surface area (Å²) in [6.45, 7) is 8.43. The van der Waals surface area contributed by atoms with Gasteiger partial charge in [-0.25, -0.2) is 0 Å². The molecule has 0 spiro atoms. The summed E-state index contributed by atoms with van der Waals surface area (Å²) in [5.41, 5.74) is 1.02. The zero-order valence-corrected chi connectivity index (χ0v) is 28.5. The molecule has 0 radical (unpaired) electrons. The molecule has 0 aromatic heterocycles. The number of rotatable bonds is 28. The Balaban J connectivity index is 2.39. The number of Topliss-reactive ketones (excluding diaryl/α,β-unsaturated/α-hetero) is 1. The average molecular weight is 612 g/mol. The molecule has 2 unspecified atom stereocenters. The largest absolute Gasteiger partial charge is 0.756 e. The molecule has 7 nitrogen and oxygen atoms in total. The predicted octanol–water partition coefficient (Wildman–Crippen LogP) is 8.28. The van der Waals surface area contributed by atoms with Gasteiger partial charge in [-0.05, 0) is 49.8 Å². The van der Waals surface area contributed by atoms with E-state index in [1.54, 1.807) is 0 Å². The number of carbonyl (C=O) groups is 1. The zero-order valence-electron chi connectivity index (χ0n) is 27.6. The van der Waals surface area contributed by atoms with Crippen molar-refractivity contribution in [2.75, 3.05) is 47.0 Å². The molecule has 0 N–H and O–H groups in total. The van der Waals surface area contributed by atoms with Crippen LogP contribution in [0.4, 0.5) is 0 Å². The third-order valence-corrected chi connectivity index (χ3v) is 8.99. The Bertz CT molecular complexity index is 860. The average Bonchev–Trinajstić information content (AvgIpc) is 2.95. The summed E-state index contributed by atoms with van der Waals surface area (Å²) < 4.78 is 29.3. The van der Waals surface area contributed by atoms with Gasteiger partial charge >= 0.3 is 0 Å². The van der Waals surface area contributed by atoms with Crippen molar-refractivity contribution in [1.82, 2.24) is 0 Å². The van der Waals surface area contributed by atoms with Crippen molar-refractivity contribution in [1.29, 1.82) is 0 Å². The van der Waals surface area contributed by atoms with E-state index < -0.39 is 7.82 Å². The molecule has 0 saturated heterocycles. The topological polar surface area (TPSA) is 84.9 Å². The first-order valence-corrected chi connectivity index (χ1v) is 18.2. The first-order chi connectivity index (χ1) is 20.1. The molecule has 0 heterocycles. The van der Waals surface area contributed by atoms with E-state index in [2.05, 4.69) is 6.92 Å². The van der Waals surface area contributed by atoms with Gasteiger partial charge < -0.3 is 23.2 Å². The van der Waals surface area contributed by atoms with Crippen LogP contribution in [0.3, 0.4) is 0 Å². The summed E-state index contributed by atoms with van der Waals surface area (Å²) in [7, 11) is -0.402. The molecule has 0 fully saturated rings. The number of phosphoric acid groups is 1. The van der Waals surface area contributed by atoms with Crippen LogP contribution >= 0.6 is 7.82 Å². The summed E-state index contributed by atoms with van der Waals surface area (Å²) in [6.07, 6.45) is 17.9. The lowest BCUT2D eigenvalue weighted by molar-refractivity contribution is -0.888. The van der Waals surface area contributed by atoms with Gasteiger partial charge in [0.2, 0.25) is 0 Å². The van der Waals surface area contributed by atoms with Crippen molar-refractivity contribution in [3.05, 3.63) is 29.8 Å². The van der Waals surface area contributed by atoms with Crippen LogP contribution in [0, 0.1) is 5.92 Å². The van der Waals surface area contributed by atoms with Gasteiger partial charge in [0.15, 0.2) is 0 Å². The number of ketones is 1. The fourth-order valence-electron chi connectivity index (χ4n) is 4.87. The molecule has 42 heavy (non-hydrogen) atoms. The molecule has 0 bridgehead atoms. The molecule has 1 aromatic rings. The van der Waals surface area contributed by atoms with E-state index in [9.17, 15) is 14.3 Å². The number of benzene rings is 1. The van der Waals surface area contributed by atoms with Gasteiger partial charge in [-0.2, -0.15) is 0 Å². The third-order valence-electron chi connectivity index (χ3n) is 8.03. The minimum atomic E-state index is -4.44. The maximum atomic E-state index is 12.4. The van der Waals surface area contributed by atoms with Crippen molar-refractivity contribution >= 4 is 13.6 Å². The first kappa shape index (κ1) is 38.8. The van der Waals surface area contributed by atoms with Crippen LogP contribution in [0.25, 0.3) is 0 Å². The van der Waals surface area contributed by atoms with E-state index >= 15 is 0 Å². The Morgan fingerprint density at radius 2 is 1.38 bits per heavy atom. The van der Waals surface area contributed by atoms with Crippen LogP contribution in [-0.2, 0) is 24.8 Å². The normalized spacial score (nSPS) is 14.0. The molecular weight excluding hydrogens is 549 g/mol. The number of ether oxygens (including phenoxy) is 1. The van der Waals surface area contributed by atoms with Crippen LogP contribution in [-0.4, -0.2) is 57.3 Å². The van der Waals surface area contributed by atoms with Crippen molar-refractivity contribution in [2.45, 2.75) is 124 Å². The fourth-order valence-corrected chi connectivity index (χ4v) is 5.65. The SMILES string of the molecule is CCCCCCCCCCCCCCOc1ccc(CC(COP(=O)([O-])OCC[N+](C)(C)CC)CC(=O)CCC)cc1. The molecule has 2 atom stereocenters. The molecule has 0 aliphatic carbocycles. The highest BCUT2D eigenvalue weighted by Gasteiger charge is 2.20. The summed E-state index contributed by atoms with van der Waals surface area (Å²) in [4.78, 5) is 24.7. The molecule has 0 aliphatic heterocycles. The Kier molecular flexibility index (Phi) is 21.4. The second-order valence-electron chi connectivity index (χ2n) is 12.5. The highest BCUT2D eigenvalue weighted by Crippen LogP contribution is 2.39. The highest BCUT2D eigenvalue weighted by atomic mass is 31.2. The lowest BCUT2D eigenvalue weighted by atomic mass is 9.94. The minimum Gasteiger partial charge on any atom is -0.756 e. The molecule has 0 aliphatic rings. The van der Waals surface area contributed by atoms with Gasteiger partial charge in [-0.1, -0.05) is 96.6 Å². The molecule has 244 valence electrons. The van der Waals surface area contributed by atoms with E-state index in [4.69, 9.17) is 13.8 Å². The van der Waals surface area contributed by atoms with Crippen LogP contribution < -0.4 is 9.63 Å². The van der Waals surface area contributed by atoms with E-state index in [1.807, 2.05) is 52.2 Å². The van der Waals surface area contributed by atoms with Gasteiger partial charge in [0.25, 0.3) is 7.82 Å². The number of quaternary nitrogens is 1. The first-order valence-electron chi connectivity index (χ1n) is 16.8. The lowest BCUT2D eigenvalue weighted by Crippen LogP contribution is -2.41. The molecule has 0 amide bonds. The zero-order chi connectivity index (χ0) is 31.1. The highest BCUT2D eigenvalue weighted by molar-refractivity contribution is 7.45. The number of nitrogens with zero attached hydrogens (tertiary/aromatic N) is 1. The Morgan fingerprint density at radius 1 is 0.810 bits per heavy atom. The monoisotopic (exact) mass is 611 g/mol. The van der Waals surface area contributed by atoms with Gasteiger partial charge in [0.1, 0.15) is 24.7 Å². The van der Waals surface area contributed by atoms with E-state index in [-0.39, 0.29) is 31.3 Å². The second kappa shape index (κ2) is 23.2. The van der Waals surface area contributed by atoms with E-state index in [0.717, 1.165) is 30.7 Å². The molecular formula is C34H62NO6P. The summed E-state index contributed by atoms with van der Waals surface area (Å²) in [5, 5.41) is 0. The number of unbranched alkanes of at least 4 members (excludes halogenated alkanes) is 11. The maximum Gasteiger partial charge on any atom is 0.268 e. The Hall–Kier alpha value is -1.24. The number of hydrogen-bond acceptors (Lipinski definition) is 6. The number of phosphoric ester groups is 1. The maximum absolute atomic E-state index is 12.4. The van der Waals surface area contributed by atoms with Crippen molar-refractivity contribution in [2.24, 2.45) is 5.92 Å². The summed E-state index contributed by atoms with van der Waals surface area (Å²) in [6, 6.07) is 7.90. The second-order valence-corrected chi connectivity index (χ2v) is 13.9. The van der Waals surface area contributed by atoms with Gasteiger partial charge in [-0.3, -0.25) is 9.36 Å². The van der Waals surface area contributed by atoms with E-state index in [0.29, 0.717) is 30.5 Å². The number of likely N-dealkylation sites (N-methyl/N-ethyl adjacent to an activating group) is 1. The van der Waals surface area contributed by atoms with Gasteiger partial charge in [0, 0.05) is 12.8 Å². The minimum absolute atomic E-state index is 0.0700. The van der Waals surface area contributed by atoms with Crippen LogP contribution in [0.15, 0.2) is 24.3 Å². The summed E-state index contributed by atoms with van der Waals surface area (Å²) in [5.74, 6) is 0.713. The van der Waals surface area contributed by atoms with Gasteiger partial charge in [0.05, 0.1) is 33.9 Å². The van der Waals surface area contributed by atoms with Gasteiger partial charge in [-0.15, -0.1) is 0 Å².